The lowest BCUT2D eigenvalue weighted by Crippen LogP contribution is -2.24. The van der Waals surface area contributed by atoms with Gasteiger partial charge in [-0.15, -0.1) is 0 Å². The molecule has 0 aromatic heterocycles. The smallest absolute Gasteiger partial charge is 0.122 e. The molecule has 24 heavy (non-hydrogen) atoms. The van der Waals surface area contributed by atoms with Crippen molar-refractivity contribution in [3.63, 3.8) is 0 Å². The topological polar surface area (TPSA) is 47.9 Å². The van der Waals surface area contributed by atoms with Crippen LogP contribution in [0, 0.1) is 0 Å². The van der Waals surface area contributed by atoms with E-state index >= 15 is 0 Å². The van der Waals surface area contributed by atoms with E-state index in [-0.39, 0.29) is 12.7 Å². The molecule has 0 aliphatic carbocycles. The van der Waals surface area contributed by atoms with Gasteiger partial charge in [-0.05, 0) is 25.0 Å². The Morgan fingerprint density at radius 1 is 0.875 bits per heavy atom. The molecular formula is C20H34O4. The highest BCUT2D eigenvalue weighted by Crippen LogP contribution is 2.16. The number of hydrogen-bond donors (Lipinski definition) is 1. The number of benzene rings is 1. The van der Waals surface area contributed by atoms with Gasteiger partial charge in [0.25, 0.3) is 0 Å². The molecule has 0 saturated carbocycles. The van der Waals surface area contributed by atoms with Crippen LogP contribution < -0.4 is 4.74 Å². The zero-order valence-corrected chi connectivity index (χ0v) is 15.1. The van der Waals surface area contributed by atoms with Crippen LogP contribution >= 0.6 is 0 Å². The molecular weight excluding hydrogens is 304 g/mol. The number of hydrogen-bond acceptors (Lipinski definition) is 4. The van der Waals surface area contributed by atoms with Crippen molar-refractivity contribution in [3.05, 3.63) is 30.3 Å². The zero-order valence-electron chi connectivity index (χ0n) is 15.1. The van der Waals surface area contributed by atoms with Gasteiger partial charge >= 0.3 is 0 Å². The van der Waals surface area contributed by atoms with Crippen LogP contribution in [0.3, 0.4) is 0 Å². The Hall–Kier alpha value is -1.10. The minimum atomic E-state index is 0.0533. The first-order chi connectivity index (χ1) is 11.9. The van der Waals surface area contributed by atoms with Gasteiger partial charge in [-0.1, -0.05) is 57.2 Å². The molecule has 1 atom stereocenters. The minimum Gasteiger partial charge on any atom is -0.488 e. The Labute approximate surface area is 147 Å². The first kappa shape index (κ1) is 20.9. The summed E-state index contributed by atoms with van der Waals surface area (Å²) in [6.07, 6.45) is 8.78. The van der Waals surface area contributed by atoms with Gasteiger partial charge in [-0.2, -0.15) is 0 Å². The second-order valence-corrected chi connectivity index (χ2v) is 6.02. The van der Waals surface area contributed by atoms with Gasteiger partial charge in [0, 0.05) is 0 Å². The van der Waals surface area contributed by atoms with Gasteiger partial charge in [0.05, 0.1) is 33.0 Å². The van der Waals surface area contributed by atoms with E-state index in [4.69, 9.17) is 19.3 Å². The molecule has 4 heteroatoms. The molecule has 0 aliphatic heterocycles. The van der Waals surface area contributed by atoms with Crippen molar-refractivity contribution in [2.45, 2.75) is 58.0 Å². The lowest BCUT2D eigenvalue weighted by Gasteiger charge is -2.19. The summed E-state index contributed by atoms with van der Waals surface area (Å²) in [5.41, 5.74) is 0. The van der Waals surface area contributed by atoms with Gasteiger partial charge in [0.1, 0.15) is 11.9 Å². The Morgan fingerprint density at radius 3 is 2.33 bits per heavy atom. The molecule has 0 fully saturated rings. The largest absolute Gasteiger partial charge is 0.488 e. The number of aliphatic hydroxyl groups is 1. The molecule has 1 aromatic rings. The summed E-state index contributed by atoms with van der Waals surface area (Å²) in [6.45, 7) is 4.28. The first-order valence-electron chi connectivity index (χ1n) is 9.35. The van der Waals surface area contributed by atoms with Crippen molar-refractivity contribution in [2.24, 2.45) is 0 Å². The number of para-hydroxylation sites is 1. The maximum atomic E-state index is 8.66. The lowest BCUT2D eigenvalue weighted by molar-refractivity contribution is 0.00234. The maximum absolute atomic E-state index is 8.66. The van der Waals surface area contributed by atoms with Gasteiger partial charge in [-0.3, -0.25) is 0 Å². The Bertz CT molecular complexity index is 353. The first-order valence-corrected chi connectivity index (χ1v) is 9.35. The van der Waals surface area contributed by atoms with Crippen LogP contribution in [-0.4, -0.2) is 44.2 Å². The SMILES string of the molecule is CCCCCCCCC(COCCOCCO)Oc1ccccc1. The van der Waals surface area contributed by atoms with Crippen LogP contribution in [0.5, 0.6) is 5.75 Å². The van der Waals surface area contributed by atoms with Gasteiger partial charge in [0.15, 0.2) is 0 Å². The minimum absolute atomic E-state index is 0.0533. The fourth-order valence-corrected chi connectivity index (χ4v) is 2.52. The summed E-state index contributed by atoms with van der Waals surface area (Å²) < 4.78 is 16.9. The summed E-state index contributed by atoms with van der Waals surface area (Å²) in [6, 6.07) is 9.93. The highest BCUT2D eigenvalue weighted by molar-refractivity contribution is 5.21. The fraction of sp³-hybridized carbons (Fsp3) is 0.700. The number of aliphatic hydroxyl groups excluding tert-OH is 1. The Balaban J connectivity index is 2.24. The molecule has 0 bridgehead atoms. The molecule has 0 heterocycles. The number of rotatable bonds is 16. The summed E-state index contributed by atoms with van der Waals surface area (Å²) in [5, 5.41) is 8.66. The molecule has 0 saturated heterocycles. The van der Waals surface area contributed by atoms with Crippen LogP contribution in [-0.2, 0) is 9.47 Å². The standard InChI is InChI=1S/C20H34O4/c1-2-3-4-5-6-8-13-20(18-23-17-16-22-15-14-21)24-19-11-9-7-10-12-19/h7,9-12,20-21H,2-6,8,13-18H2,1H3. The second kappa shape index (κ2) is 15.4. The van der Waals surface area contributed by atoms with Crippen LogP contribution in [0.2, 0.25) is 0 Å². The Kier molecular flexibility index (Phi) is 13.5. The van der Waals surface area contributed by atoms with Crippen molar-refractivity contribution in [2.75, 3.05) is 33.0 Å². The normalized spacial score (nSPS) is 12.2. The van der Waals surface area contributed by atoms with E-state index in [0.29, 0.717) is 26.4 Å². The predicted octanol–water partition coefficient (Wildman–Crippen LogP) is 4.21. The van der Waals surface area contributed by atoms with Crippen molar-refractivity contribution in [3.8, 4) is 5.75 Å². The molecule has 4 nitrogen and oxygen atoms in total. The van der Waals surface area contributed by atoms with Crippen molar-refractivity contribution < 1.29 is 19.3 Å². The maximum Gasteiger partial charge on any atom is 0.122 e. The van der Waals surface area contributed by atoms with Crippen molar-refractivity contribution in [1.82, 2.24) is 0 Å². The highest BCUT2D eigenvalue weighted by atomic mass is 16.5. The molecule has 1 rings (SSSR count). The number of unbranched alkanes of at least 4 members (excludes halogenated alkanes) is 5. The lowest BCUT2D eigenvalue weighted by atomic mass is 10.1. The van der Waals surface area contributed by atoms with Crippen LogP contribution in [0.15, 0.2) is 30.3 Å². The van der Waals surface area contributed by atoms with Gasteiger partial charge < -0.3 is 19.3 Å². The summed E-state index contributed by atoms with van der Waals surface area (Å²) in [7, 11) is 0. The van der Waals surface area contributed by atoms with E-state index in [0.717, 1.165) is 12.2 Å². The van der Waals surface area contributed by atoms with Crippen LogP contribution in [0.4, 0.5) is 0 Å². The molecule has 138 valence electrons. The number of ether oxygens (including phenoxy) is 3. The quantitative estimate of drug-likeness (QED) is 0.459. The second-order valence-electron chi connectivity index (χ2n) is 6.02. The van der Waals surface area contributed by atoms with Crippen molar-refractivity contribution >= 4 is 0 Å². The van der Waals surface area contributed by atoms with E-state index in [1.165, 1.54) is 38.5 Å². The third kappa shape index (κ3) is 11.4. The Morgan fingerprint density at radius 2 is 1.58 bits per heavy atom. The molecule has 0 spiro atoms. The van der Waals surface area contributed by atoms with Crippen LogP contribution in [0.1, 0.15) is 51.9 Å². The highest BCUT2D eigenvalue weighted by Gasteiger charge is 2.11. The summed E-state index contributed by atoms with van der Waals surface area (Å²) in [4.78, 5) is 0. The van der Waals surface area contributed by atoms with E-state index in [9.17, 15) is 0 Å². The molecule has 1 unspecified atom stereocenters. The third-order valence-electron chi connectivity index (χ3n) is 3.84. The van der Waals surface area contributed by atoms with E-state index < -0.39 is 0 Å². The molecule has 0 radical (unpaired) electrons. The monoisotopic (exact) mass is 338 g/mol. The third-order valence-corrected chi connectivity index (χ3v) is 3.84. The van der Waals surface area contributed by atoms with E-state index in [1.54, 1.807) is 0 Å². The van der Waals surface area contributed by atoms with E-state index in [2.05, 4.69) is 6.92 Å². The molecule has 0 aliphatic rings. The molecule has 1 aromatic carbocycles. The van der Waals surface area contributed by atoms with E-state index in [1.807, 2.05) is 30.3 Å². The van der Waals surface area contributed by atoms with Crippen LogP contribution in [0.25, 0.3) is 0 Å². The average Bonchev–Trinajstić information content (AvgIpc) is 2.61. The predicted molar refractivity (Wildman–Crippen MR) is 97.6 cm³/mol. The fourth-order valence-electron chi connectivity index (χ4n) is 2.52. The average molecular weight is 338 g/mol. The van der Waals surface area contributed by atoms with Gasteiger partial charge in [0.2, 0.25) is 0 Å². The summed E-state index contributed by atoms with van der Waals surface area (Å²) in [5.74, 6) is 0.897. The van der Waals surface area contributed by atoms with Crippen molar-refractivity contribution in [1.29, 1.82) is 0 Å². The van der Waals surface area contributed by atoms with Gasteiger partial charge in [-0.25, -0.2) is 0 Å². The molecule has 0 amide bonds. The summed E-state index contributed by atoms with van der Waals surface area (Å²) >= 11 is 0. The zero-order chi connectivity index (χ0) is 17.3. The molecule has 1 N–H and O–H groups in total.